The van der Waals surface area contributed by atoms with Gasteiger partial charge in [-0.05, 0) is 37.1 Å². The zero-order chi connectivity index (χ0) is 18.6. The van der Waals surface area contributed by atoms with Gasteiger partial charge in [0.25, 0.3) is 5.69 Å². The average molecular weight is 347 g/mol. The highest BCUT2D eigenvalue weighted by molar-refractivity contribution is 5.91. The monoisotopic (exact) mass is 347 g/mol. The number of aryl methyl sites for hydroxylation is 1. The Morgan fingerprint density at radius 1 is 1.28 bits per heavy atom. The topological polar surface area (TPSA) is 105 Å². The van der Waals surface area contributed by atoms with Gasteiger partial charge >= 0.3 is 6.03 Å². The van der Waals surface area contributed by atoms with Crippen molar-refractivity contribution in [1.82, 2.24) is 5.32 Å². The first-order valence-electron chi connectivity index (χ1n) is 7.51. The van der Waals surface area contributed by atoms with E-state index in [4.69, 9.17) is 5.11 Å². The molecule has 0 aliphatic carbocycles. The van der Waals surface area contributed by atoms with E-state index in [0.29, 0.717) is 22.4 Å². The van der Waals surface area contributed by atoms with Crippen LogP contribution < -0.4 is 10.6 Å². The second kappa shape index (κ2) is 7.71. The smallest absolute Gasteiger partial charge is 0.319 e. The van der Waals surface area contributed by atoms with Gasteiger partial charge in [0.2, 0.25) is 0 Å². The van der Waals surface area contributed by atoms with E-state index in [0.717, 1.165) is 0 Å². The Balaban J connectivity index is 2.08. The molecule has 7 nitrogen and oxygen atoms in total. The van der Waals surface area contributed by atoms with Crippen LogP contribution in [0.1, 0.15) is 22.3 Å². The van der Waals surface area contributed by atoms with Crippen LogP contribution in [0.3, 0.4) is 0 Å². The number of hydrogen-bond donors (Lipinski definition) is 3. The molecule has 0 aromatic heterocycles. The second-order valence-corrected chi connectivity index (χ2v) is 5.55. The molecule has 2 aromatic carbocycles. The number of nitrogens with zero attached hydrogens (tertiary/aromatic N) is 1. The van der Waals surface area contributed by atoms with Crippen molar-refractivity contribution in [1.29, 1.82) is 0 Å². The summed E-state index contributed by atoms with van der Waals surface area (Å²) in [6.45, 7) is 2.98. The van der Waals surface area contributed by atoms with E-state index in [1.807, 2.05) is 0 Å². The standard InChI is InChI=1S/C17H18FN3O4/c1-10-3-6-15(21(24)25)11(2)16(10)20-17(23)19-8-12-4-5-14(18)13(7-12)9-22/h3-7,22H,8-9H2,1-2H3,(H2,19,20,23). The van der Waals surface area contributed by atoms with E-state index in [9.17, 15) is 19.3 Å². The van der Waals surface area contributed by atoms with Crippen LogP contribution in [-0.2, 0) is 13.2 Å². The molecule has 0 saturated carbocycles. The molecule has 25 heavy (non-hydrogen) atoms. The van der Waals surface area contributed by atoms with Gasteiger partial charge in [-0.3, -0.25) is 10.1 Å². The molecule has 2 aromatic rings. The van der Waals surface area contributed by atoms with Crippen LogP contribution in [-0.4, -0.2) is 16.1 Å². The lowest BCUT2D eigenvalue weighted by molar-refractivity contribution is -0.385. The highest BCUT2D eigenvalue weighted by Crippen LogP contribution is 2.28. The molecule has 2 amide bonds. The number of benzene rings is 2. The Kier molecular flexibility index (Phi) is 5.66. The minimum absolute atomic E-state index is 0.0768. The number of urea groups is 1. The largest absolute Gasteiger partial charge is 0.392 e. The Morgan fingerprint density at radius 2 is 2.00 bits per heavy atom. The number of nitro groups is 1. The molecular formula is C17H18FN3O4. The van der Waals surface area contributed by atoms with Gasteiger partial charge in [-0.15, -0.1) is 0 Å². The van der Waals surface area contributed by atoms with Crippen LogP contribution in [0.15, 0.2) is 30.3 Å². The molecule has 0 radical (unpaired) electrons. The van der Waals surface area contributed by atoms with E-state index in [2.05, 4.69) is 10.6 Å². The van der Waals surface area contributed by atoms with Gasteiger partial charge < -0.3 is 15.7 Å². The Bertz CT molecular complexity index is 824. The maximum absolute atomic E-state index is 13.3. The minimum atomic E-state index is -0.540. The number of nitrogens with one attached hydrogen (secondary N) is 2. The molecule has 0 unspecified atom stereocenters. The zero-order valence-electron chi connectivity index (χ0n) is 13.8. The Hall–Kier alpha value is -3.00. The van der Waals surface area contributed by atoms with E-state index < -0.39 is 23.4 Å². The first-order chi connectivity index (χ1) is 11.8. The summed E-state index contributed by atoms with van der Waals surface area (Å²) >= 11 is 0. The van der Waals surface area contributed by atoms with Crippen molar-refractivity contribution in [2.75, 3.05) is 5.32 Å². The minimum Gasteiger partial charge on any atom is -0.392 e. The first-order valence-corrected chi connectivity index (χ1v) is 7.51. The van der Waals surface area contributed by atoms with Crippen LogP contribution in [0, 0.1) is 29.8 Å². The predicted molar refractivity (Wildman–Crippen MR) is 90.8 cm³/mol. The molecule has 0 saturated heterocycles. The van der Waals surface area contributed by atoms with Crippen LogP contribution in [0.4, 0.5) is 20.6 Å². The summed E-state index contributed by atoms with van der Waals surface area (Å²) in [6, 6.07) is 6.59. The molecule has 0 bridgehead atoms. The van der Waals surface area contributed by atoms with E-state index >= 15 is 0 Å². The molecule has 132 valence electrons. The van der Waals surface area contributed by atoms with E-state index in [1.54, 1.807) is 19.9 Å². The van der Waals surface area contributed by atoms with Gasteiger partial charge in [0, 0.05) is 18.2 Å². The van der Waals surface area contributed by atoms with Gasteiger partial charge in [0.15, 0.2) is 0 Å². The zero-order valence-corrected chi connectivity index (χ0v) is 13.8. The number of halogens is 1. The molecule has 0 heterocycles. The molecule has 2 rings (SSSR count). The number of hydrogen-bond acceptors (Lipinski definition) is 4. The maximum atomic E-state index is 13.3. The summed E-state index contributed by atoms with van der Waals surface area (Å²) in [5.74, 6) is -0.515. The molecule has 3 N–H and O–H groups in total. The third-order valence-electron chi connectivity index (χ3n) is 3.81. The number of rotatable bonds is 5. The van der Waals surface area contributed by atoms with Crippen molar-refractivity contribution in [3.63, 3.8) is 0 Å². The van der Waals surface area contributed by atoms with Crippen molar-refractivity contribution < 1.29 is 19.2 Å². The number of aliphatic hydroxyl groups is 1. The number of carbonyl (C=O) groups excluding carboxylic acids is 1. The molecular weight excluding hydrogens is 329 g/mol. The van der Waals surface area contributed by atoms with Crippen LogP contribution in [0.5, 0.6) is 0 Å². The summed E-state index contributed by atoms with van der Waals surface area (Å²) in [5, 5.41) is 25.3. The molecule has 8 heteroatoms. The van der Waals surface area contributed by atoms with Gasteiger partial charge in [-0.1, -0.05) is 12.1 Å². The van der Waals surface area contributed by atoms with Gasteiger partial charge in [0.05, 0.1) is 22.8 Å². The van der Waals surface area contributed by atoms with E-state index in [-0.39, 0.29) is 17.8 Å². The van der Waals surface area contributed by atoms with Crippen molar-refractivity contribution in [3.8, 4) is 0 Å². The van der Waals surface area contributed by atoms with Gasteiger partial charge in [-0.2, -0.15) is 0 Å². The first kappa shape index (κ1) is 18.3. The van der Waals surface area contributed by atoms with Crippen molar-refractivity contribution in [2.24, 2.45) is 0 Å². The molecule has 0 spiro atoms. The van der Waals surface area contributed by atoms with Gasteiger partial charge in [-0.25, -0.2) is 9.18 Å². The lowest BCUT2D eigenvalue weighted by Crippen LogP contribution is -2.29. The fourth-order valence-corrected chi connectivity index (χ4v) is 2.43. The number of aliphatic hydroxyl groups excluding tert-OH is 1. The lowest BCUT2D eigenvalue weighted by atomic mass is 10.1. The van der Waals surface area contributed by atoms with Gasteiger partial charge in [0.1, 0.15) is 5.82 Å². The summed E-state index contributed by atoms with van der Waals surface area (Å²) in [4.78, 5) is 22.6. The summed E-state index contributed by atoms with van der Waals surface area (Å²) in [5.41, 5.74) is 2.12. The number of nitro benzene ring substituents is 1. The quantitative estimate of drug-likeness (QED) is 0.571. The summed E-state index contributed by atoms with van der Waals surface area (Å²) < 4.78 is 13.3. The highest BCUT2D eigenvalue weighted by Gasteiger charge is 2.17. The molecule has 0 fully saturated rings. The normalized spacial score (nSPS) is 10.4. The SMILES string of the molecule is Cc1ccc([N+](=O)[O-])c(C)c1NC(=O)NCc1ccc(F)c(CO)c1. The Labute approximate surface area is 143 Å². The van der Waals surface area contributed by atoms with Crippen LogP contribution in [0.25, 0.3) is 0 Å². The van der Waals surface area contributed by atoms with Crippen molar-refractivity contribution >= 4 is 17.4 Å². The maximum Gasteiger partial charge on any atom is 0.319 e. The van der Waals surface area contributed by atoms with Crippen LogP contribution in [0.2, 0.25) is 0 Å². The Morgan fingerprint density at radius 3 is 2.64 bits per heavy atom. The summed E-state index contributed by atoms with van der Waals surface area (Å²) in [7, 11) is 0. The predicted octanol–water partition coefficient (Wildman–Crippen LogP) is 3.16. The molecule has 0 aliphatic heterocycles. The third-order valence-corrected chi connectivity index (χ3v) is 3.81. The second-order valence-electron chi connectivity index (χ2n) is 5.55. The van der Waals surface area contributed by atoms with E-state index in [1.165, 1.54) is 24.3 Å². The fraction of sp³-hybridized carbons (Fsp3) is 0.235. The van der Waals surface area contributed by atoms with Crippen molar-refractivity contribution in [2.45, 2.75) is 27.0 Å². The number of amides is 2. The molecule has 0 aliphatic rings. The average Bonchev–Trinajstić information content (AvgIpc) is 2.57. The fourth-order valence-electron chi connectivity index (χ4n) is 2.43. The lowest BCUT2D eigenvalue weighted by Gasteiger charge is -2.13. The number of anilines is 1. The third kappa shape index (κ3) is 4.30. The van der Waals surface area contributed by atoms with Crippen LogP contribution >= 0.6 is 0 Å². The highest BCUT2D eigenvalue weighted by atomic mass is 19.1. The molecule has 0 atom stereocenters. The summed E-state index contributed by atoms with van der Waals surface area (Å²) in [6.07, 6.45) is 0. The van der Waals surface area contributed by atoms with Crippen molar-refractivity contribution in [3.05, 3.63) is 68.5 Å². The number of carbonyl (C=O) groups is 1.